The summed E-state index contributed by atoms with van der Waals surface area (Å²) in [4.78, 5) is 10.7. The van der Waals surface area contributed by atoms with E-state index in [9.17, 15) is 4.79 Å². The van der Waals surface area contributed by atoms with E-state index in [0.717, 1.165) is 6.29 Å². The van der Waals surface area contributed by atoms with Crippen LogP contribution in [0.25, 0.3) is 0 Å². The smallest absolute Gasteiger partial charge is 0.130 e. The number of hydrogen-bond donors (Lipinski definition) is 2. The molecular weight excluding hydrogens is 152 g/mol. The molecule has 0 aliphatic carbocycles. The molecule has 1 unspecified atom stereocenters. The Morgan fingerprint density at radius 3 is 2.08 bits per heavy atom. The van der Waals surface area contributed by atoms with Gasteiger partial charge in [0.2, 0.25) is 0 Å². The number of carbonyl (C=O) groups excluding carboxylic acids is 1. The molecule has 1 atom stereocenters. The van der Waals surface area contributed by atoms with Gasteiger partial charge in [-0.25, -0.2) is 0 Å². The summed E-state index contributed by atoms with van der Waals surface area (Å²) in [6.07, 6.45) is 0.865. The zero-order valence-corrected chi connectivity index (χ0v) is 8.06. The fourth-order valence-electron chi connectivity index (χ4n) is 1.94. The minimum absolute atomic E-state index is 0.275. The Kier molecular flexibility index (Phi) is 1.87. The first-order chi connectivity index (χ1) is 5.31. The van der Waals surface area contributed by atoms with E-state index >= 15 is 0 Å². The topological polar surface area (TPSA) is 53.0 Å². The quantitative estimate of drug-likeness (QED) is 0.573. The van der Waals surface area contributed by atoms with Crippen molar-refractivity contribution in [2.45, 2.75) is 38.8 Å². The van der Waals surface area contributed by atoms with Crippen molar-refractivity contribution in [1.29, 1.82) is 5.41 Å². The van der Waals surface area contributed by atoms with Gasteiger partial charge < -0.3 is 15.5 Å². The number of carbonyl (C=O) groups is 1. The summed E-state index contributed by atoms with van der Waals surface area (Å²) in [5.74, 6) is -0.285. The molecule has 0 aromatic heterocycles. The second kappa shape index (κ2) is 2.39. The maximum Gasteiger partial charge on any atom is 0.130 e. The number of nitrogens with one attached hydrogen (secondary N) is 2. The van der Waals surface area contributed by atoms with Gasteiger partial charge in [0.25, 0.3) is 0 Å². The summed E-state index contributed by atoms with van der Waals surface area (Å²) in [7, 11) is 0. The van der Waals surface area contributed by atoms with E-state index < -0.39 is 0 Å². The molecule has 1 rings (SSSR count). The molecule has 0 saturated carbocycles. The van der Waals surface area contributed by atoms with Gasteiger partial charge in [-0.15, -0.1) is 0 Å². The van der Waals surface area contributed by atoms with Crippen LogP contribution in [-0.4, -0.2) is 23.1 Å². The van der Waals surface area contributed by atoms with E-state index in [1.807, 2.05) is 27.7 Å². The third-order valence-corrected chi connectivity index (χ3v) is 2.53. The molecule has 0 radical (unpaired) electrons. The van der Waals surface area contributed by atoms with Gasteiger partial charge in [-0.2, -0.15) is 0 Å². The highest BCUT2D eigenvalue weighted by molar-refractivity contribution is 6.04. The molecule has 1 aliphatic heterocycles. The van der Waals surface area contributed by atoms with Crippen molar-refractivity contribution in [3.05, 3.63) is 0 Å². The molecule has 3 heteroatoms. The van der Waals surface area contributed by atoms with Crippen molar-refractivity contribution in [3.8, 4) is 0 Å². The molecule has 1 saturated heterocycles. The SMILES string of the molecule is CC1(C)NC(C)(C)C(C=O)C1=N. The molecule has 1 fully saturated rings. The summed E-state index contributed by atoms with van der Waals surface area (Å²) >= 11 is 0. The van der Waals surface area contributed by atoms with Crippen LogP contribution >= 0.6 is 0 Å². The summed E-state index contributed by atoms with van der Waals surface area (Å²) < 4.78 is 0. The summed E-state index contributed by atoms with van der Waals surface area (Å²) in [6.45, 7) is 7.77. The Morgan fingerprint density at radius 1 is 1.42 bits per heavy atom. The fraction of sp³-hybridized carbons (Fsp3) is 0.778. The molecule has 1 heterocycles. The van der Waals surface area contributed by atoms with Gasteiger partial charge >= 0.3 is 0 Å². The molecule has 3 nitrogen and oxygen atoms in total. The van der Waals surface area contributed by atoms with Gasteiger partial charge in [0, 0.05) is 11.3 Å². The minimum Gasteiger partial charge on any atom is -0.307 e. The average molecular weight is 168 g/mol. The lowest BCUT2D eigenvalue weighted by Gasteiger charge is -2.24. The maximum absolute atomic E-state index is 10.7. The Morgan fingerprint density at radius 2 is 1.92 bits per heavy atom. The molecule has 0 bridgehead atoms. The lowest BCUT2D eigenvalue weighted by Crippen LogP contribution is -2.46. The predicted molar refractivity (Wildman–Crippen MR) is 48.6 cm³/mol. The van der Waals surface area contributed by atoms with Gasteiger partial charge in [-0.05, 0) is 27.7 Å². The highest BCUT2D eigenvalue weighted by Crippen LogP contribution is 2.31. The lowest BCUT2D eigenvalue weighted by molar-refractivity contribution is -0.110. The van der Waals surface area contributed by atoms with Crippen LogP contribution in [0.4, 0.5) is 0 Å². The zero-order valence-electron chi connectivity index (χ0n) is 8.06. The second-order valence-electron chi connectivity index (χ2n) is 4.50. The summed E-state index contributed by atoms with van der Waals surface area (Å²) in [6, 6.07) is 0. The third-order valence-electron chi connectivity index (χ3n) is 2.53. The normalized spacial score (nSPS) is 32.0. The van der Waals surface area contributed by atoms with Gasteiger partial charge in [-0.3, -0.25) is 0 Å². The van der Waals surface area contributed by atoms with Crippen molar-refractivity contribution >= 4 is 12.0 Å². The highest BCUT2D eigenvalue weighted by Gasteiger charge is 2.48. The Bertz CT molecular complexity index is 231. The molecular formula is C9H16N2O. The predicted octanol–water partition coefficient (Wildman–Crippen LogP) is 0.982. The Hall–Kier alpha value is -0.700. The first kappa shape index (κ1) is 9.39. The molecule has 0 amide bonds. The monoisotopic (exact) mass is 168 g/mol. The number of hydrogen-bond acceptors (Lipinski definition) is 3. The first-order valence-corrected chi connectivity index (χ1v) is 4.15. The highest BCUT2D eigenvalue weighted by atomic mass is 16.1. The number of aldehydes is 1. The van der Waals surface area contributed by atoms with Crippen LogP contribution in [0.2, 0.25) is 0 Å². The van der Waals surface area contributed by atoms with Crippen LogP contribution in [0.5, 0.6) is 0 Å². The average Bonchev–Trinajstić information content (AvgIpc) is 1.98. The summed E-state index contributed by atoms with van der Waals surface area (Å²) in [5, 5.41) is 11.0. The van der Waals surface area contributed by atoms with Crippen molar-refractivity contribution < 1.29 is 4.79 Å². The van der Waals surface area contributed by atoms with Gasteiger partial charge in [0.05, 0.1) is 11.5 Å². The first-order valence-electron chi connectivity index (χ1n) is 4.15. The maximum atomic E-state index is 10.7. The molecule has 1 aliphatic rings. The second-order valence-corrected chi connectivity index (χ2v) is 4.50. The van der Waals surface area contributed by atoms with Crippen molar-refractivity contribution in [1.82, 2.24) is 5.32 Å². The largest absolute Gasteiger partial charge is 0.307 e. The molecule has 12 heavy (non-hydrogen) atoms. The zero-order chi connectivity index (χ0) is 9.57. The van der Waals surface area contributed by atoms with Crippen LogP contribution in [0.3, 0.4) is 0 Å². The van der Waals surface area contributed by atoms with E-state index in [4.69, 9.17) is 5.41 Å². The van der Waals surface area contributed by atoms with Crippen LogP contribution < -0.4 is 5.32 Å². The van der Waals surface area contributed by atoms with Gasteiger partial charge in [0.1, 0.15) is 6.29 Å². The van der Waals surface area contributed by atoms with E-state index in [0.29, 0.717) is 5.71 Å². The van der Waals surface area contributed by atoms with Gasteiger partial charge in [0.15, 0.2) is 0 Å². The molecule has 0 spiro atoms. The van der Waals surface area contributed by atoms with Crippen LogP contribution in [0, 0.1) is 11.3 Å². The number of rotatable bonds is 1. The molecule has 0 aromatic carbocycles. The van der Waals surface area contributed by atoms with Gasteiger partial charge in [-0.1, -0.05) is 0 Å². The Labute approximate surface area is 73.0 Å². The van der Waals surface area contributed by atoms with Crippen LogP contribution in [0.15, 0.2) is 0 Å². The fourth-order valence-corrected chi connectivity index (χ4v) is 1.94. The van der Waals surface area contributed by atoms with E-state index in [-0.39, 0.29) is 17.0 Å². The van der Waals surface area contributed by atoms with Crippen LogP contribution in [0.1, 0.15) is 27.7 Å². The van der Waals surface area contributed by atoms with E-state index in [2.05, 4.69) is 5.32 Å². The van der Waals surface area contributed by atoms with E-state index in [1.165, 1.54) is 0 Å². The lowest BCUT2D eigenvalue weighted by atomic mass is 9.86. The van der Waals surface area contributed by atoms with Crippen LogP contribution in [-0.2, 0) is 4.79 Å². The standard InChI is InChI=1S/C9H16N2O/c1-8(2)6(5-12)7(10)9(3,4)11-8/h5-6,10-11H,1-4H3. The molecule has 2 N–H and O–H groups in total. The minimum atomic E-state index is -0.338. The van der Waals surface area contributed by atoms with Crippen molar-refractivity contribution in [2.75, 3.05) is 0 Å². The molecule has 68 valence electrons. The molecule has 0 aromatic rings. The third kappa shape index (κ3) is 1.18. The Balaban J connectivity index is 3.03. The van der Waals surface area contributed by atoms with Crippen molar-refractivity contribution in [3.63, 3.8) is 0 Å². The van der Waals surface area contributed by atoms with E-state index in [1.54, 1.807) is 0 Å². The van der Waals surface area contributed by atoms with Crippen molar-refractivity contribution in [2.24, 2.45) is 5.92 Å². The summed E-state index contributed by atoms with van der Waals surface area (Å²) in [5.41, 5.74) is -0.125.